The molecule has 4 aliphatic heterocycles. The maximum absolute atomic E-state index is 14.1. The third kappa shape index (κ3) is 6.96. The minimum Gasteiger partial charge on any atom is -0.361 e. The normalized spacial score (nSPS) is 20.9. The third-order valence-corrected chi connectivity index (χ3v) is 10.7. The number of aromatic amines is 1. The fourth-order valence-electron chi connectivity index (χ4n) is 8.05. The van der Waals surface area contributed by atoms with Crippen molar-refractivity contribution >= 4 is 34.6 Å². The van der Waals surface area contributed by atoms with E-state index in [-0.39, 0.29) is 24.0 Å². The average Bonchev–Trinajstić information content (AvgIpc) is 3.52. The Labute approximate surface area is 277 Å². The molecule has 3 fully saturated rings. The van der Waals surface area contributed by atoms with Crippen LogP contribution in [0.15, 0.2) is 48.7 Å². The summed E-state index contributed by atoms with van der Waals surface area (Å²) in [7, 11) is 0. The van der Waals surface area contributed by atoms with Crippen LogP contribution in [-0.4, -0.2) is 120 Å². The summed E-state index contributed by atoms with van der Waals surface area (Å²) in [6.45, 7) is 9.02. The van der Waals surface area contributed by atoms with Gasteiger partial charge in [0.25, 0.3) is 0 Å². The van der Waals surface area contributed by atoms with Crippen LogP contribution in [-0.2, 0) is 17.6 Å². The molecule has 0 radical (unpaired) electrons. The van der Waals surface area contributed by atoms with Crippen molar-refractivity contribution in [1.82, 2.24) is 35.2 Å². The Morgan fingerprint density at radius 3 is 2.45 bits per heavy atom. The Morgan fingerprint density at radius 1 is 0.894 bits per heavy atom. The second kappa shape index (κ2) is 13.9. The number of benzene rings is 2. The van der Waals surface area contributed by atoms with E-state index in [1.807, 2.05) is 39.1 Å². The van der Waals surface area contributed by atoms with E-state index in [0.29, 0.717) is 58.0 Å². The summed E-state index contributed by atoms with van der Waals surface area (Å²) in [6, 6.07) is 14.0. The van der Waals surface area contributed by atoms with Crippen molar-refractivity contribution in [3.8, 4) is 0 Å². The van der Waals surface area contributed by atoms with Gasteiger partial charge in [0.2, 0.25) is 5.91 Å². The number of nitrogens with zero attached hydrogens (tertiary/aromatic N) is 4. The zero-order valence-electron chi connectivity index (χ0n) is 27.5. The molecule has 5 amide bonds. The standard InChI is InChI=1S/C36H48N8O3/c1-25-22-26(23-28-6-14-38-33(25)28)24-32(34(45)42-20-18-41(19-21-42)29-7-12-37-13-8-29)40-35(46)43-15-10-30(11-16-43)44-17-9-27-4-2-3-5-31(27)39-36(44)47/h2-6,14,22-23,29-30,32,37-38H,7-13,15-21,24H2,1H3,(H,39,47)(H,40,46). The topological polar surface area (TPSA) is 116 Å². The van der Waals surface area contributed by atoms with Crippen molar-refractivity contribution in [2.45, 2.75) is 63.6 Å². The number of piperazine rings is 1. The molecule has 5 heterocycles. The summed E-state index contributed by atoms with van der Waals surface area (Å²) < 4.78 is 0. The van der Waals surface area contributed by atoms with E-state index in [1.54, 1.807) is 0 Å². The van der Waals surface area contributed by atoms with Gasteiger partial charge in [-0.05, 0) is 92.4 Å². The lowest BCUT2D eigenvalue weighted by molar-refractivity contribution is -0.135. The average molecular weight is 641 g/mol. The van der Waals surface area contributed by atoms with Crippen molar-refractivity contribution in [1.29, 1.82) is 0 Å². The van der Waals surface area contributed by atoms with Gasteiger partial charge in [0.15, 0.2) is 0 Å². The molecule has 11 heteroatoms. The molecule has 3 aromatic rings. The number of urea groups is 2. The lowest BCUT2D eigenvalue weighted by Crippen LogP contribution is -2.59. The summed E-state index contributed by atoms with van der Waals surface area (Å²) in [5.74, 6) is -0.00850. The van der Waals surface area contributed by atoms with Crippen LogP contribution in [0.4, 0.5) is 15.3 Å². The number of H-pyrrole nitrogens is 1. The van der Waals surface area contributed by atoms with Gasteiger partial charge >= 0.3 is 12.1 Å². The largest absolute Gasteiger partial charge is 0.361 e. The highest BCUT2D eigenvalue weighted by Crippen LogP contribution is 2.25. The Kier molecular flexibility index (Phi) is 9.35. The number of piperidine rings is 2. The van der Waals surface area contributed by atoms with Crippen molar-refractivity contribution in [2.75, 3.05) is 64.2 Å². The Balaban J connectivity index is 1.00. The number of aryl methyl sites for hydroxylation is 1. The number of likely N-dealkylation sites (tertiary alicyclic amines) is 1. The lowest BCUT2D eigenvalue weighted by atomic mass is 9.99. The molecule has 7 rings (SSSR count). The number of aromatic nitrogens is 1. The van der Waals surface area contributed by atoms with Crippen LogP contribution in [0, 0.1) is 6.92 Å². The van der Waals surface area contributed by atoms with Gasteiger partial charge in [0.1, 0.15) is 6.04 Å². The minimum atomic E-state index is -0.656. The second-order valence-corrected chi connectivity index (χ2v) is 13.7. The van der Waals surface area contributed by atoms with Crippen LogP contribution in [0.1, 0.15) is 42.4 Å². The first-order chi connectivity index (χ1) is 22.9. The summed E-state index contributed by atoms with van der Waals surface area (Å²) in [4.78, 5) is 52.5. The smallest absolute Gasteiger partial charge is 0.322 e. The molecule has 3 saturated heterocycles. The van der Waals surface area contributed by atoms with Gasteiger partial charge in [-0.15, -0.1) is 0 Å². The van der Waals surface area contributed by atoms with Gasteiger partial charge in [-0.1, -0.05) is 24.3 Å². The van der Waals surface area contributed by atoms with E-state index in [1.165, 1.54) is 0 Å². The molecule has 1 unspecified atom stereocenters. The Morgan fingerprint density at radius 2 is 1.66 bits per heavy atom. The number of carbonyl (C=O) groups excluding carboxylic acids is 3. The van der Waals surface area contributed by atoms with Crippen molar-refractivity contribution in [2.24, 2.45) is 0 Å². The number of amides is 5. The van der Waals surface area contributed by atoms with Crippen LogP contribution in [0.5, 0.6) is 0 Å². The van der Waals surface area contributed by atoms with E-state index in [4.69, 9.17) is 0 Å². The van der Waals surface area contributed by atoms with Crippen molar-refractivity contribution in [3.05, 3.63) is 65.4 Å². The predicted octanol–water partition coefficient (Wildman–Crippen LogP) is 3.55. The number of carbonyl (C=O) groups is 3. The van der Waals surface area contributed by atoms with Gasteiger partial charge in [-0.3, -0.25) is 9.69 Å². The third-order valence-electron chi connectivity index (χ3n) is 10.7. The fraction of sp³-hybridized carbons (Fsp3) is 0.528. The van der Waals surface area contributed by atoms with E-state index in [2.05, 4.69) is 57.0 Å². The van der Waals surface area contributed by atoms with Crippen molar-refractivity contribution < 1.29 is 14.4 Å². The molecular weight excluding hydrogens is 592 g/mol. The highest BCUT2D eigenvalue weighted by molar-refractivity contribution is 5.91. The zero-order valence-corrected chi connectivity index (χ0v) is 27.5. The number of nitrogens with one attached hydrogen (secondary N) is 4. The highest BCUT2D eigenvalue weighted by atomic mass is 16.2. The molecule has 0 bridgehead atoms. The quantitative estimate of drug-likeness (QED) is 0.329. The zero-order chi connectivity index (χ0) is 32.3. The van der Waals surface area contributed by atoms with Crippen LogP contribution < -0.4 is 16.0 Å². The molecule has 1 aromatic heterocycles. The summed E-state index contributed by atoms with van der Waals surface area (Å²) in [5, 5.41) is 10.8. The molecule has 1 atom stereocenters. The number of hydrogen-bond donors (Lipinski definition) is 4. The molecule has 0 spiro atoms. The SMILES string of the molecule is Cc1cc(CC(NC(=O)N2CCC(N3CCc4ccccc4NC3=O)CC2)C(=O)N2CCN(C3CCNCC3)CC2)cc2cc[nH]c12. The molecule has 4 N–H and O–H groups in total. The van der Waals surface area contributed by atoms with Gasteiger partial charge in [0, 0.05) is 81.7 Å². The molecule has 2 aromatic carbocycles. The van der Waals surface area contributed by atoms with Crippen LogP contribution in [0.2, 0.25) is 0 Å². The molecule has 4 aliphatic rings. The highest BCUT2D eigenvalue weighted by Gasteiger charge is 2.35. The summed E-state index contributed by atoms with van der Waals surface area (Å²) in [5.41, 5.74) is 5.28. The number of para-hydroxylation sites is 1. The van der Waals surface area contributed by atoms with E-state index in [0.717, 1.165) is 78.7 Å². The number of hydrogen-bond acceptors (Lipinski definition) is 5. The Hall–Kier alpha value is -4.09. The maximum atomic E-state index is 14.1. The van der Waals surface area contributed by atoms with E-state index in [9.17, 15) is 14.4 Å². The monoisotopic (exact) mass is 640 g/mol. The molecule has 0 saturated carbocycles. The molecule has 0 aliphatic carbocycles. The first-order valence-electron chi connectivity index (χ1n) is 17.4. The van der Waals surface area contributed by atoms with Crippen LogP contribution >= 0.6 is 0 Å². The lowest BCUT2D eigenvalue weighted by Gasteiger charge is -2.42. The first-order valence-corrected chi connectivity index (χ1v) is 17.4. The van der Waals surface area contributed by atoms with E-state index >= 15 is 0 Å². The van der Waals surface area contributed by atoms with Crippen molar-refractivity contribution in [3.63, 3.8) is 0 Å². The predicted molar refractivity (Wildman–Crippen MR) is 184 cm³/mol. The van der Waals surface area contributed by atoms with Crippen LogP contribution in [0.25, 0.3) is 10.9 Å². The van der Waals surface area contributed by atoms with Gasteiger partial charge < -0.3 is 35.6 Å². The van der Waals surface area contributed by atoms with E-state index < -0.39 is 6.04 Å². The Bertz CT molecular complexity index is 1580. The number of fused-ring (bicyclic) bond motifs is 2. The molecule has 11 nitrogen and oxygen atoms in total. The minimum absolute atomic E-state index is 0.00850. The van der Waals surface area contributed by atoms with Gasteiger partial charge in [-0.2, -0.15) is 0 Å². The number of anilines is 1. The first kappa shape index (κ1) is 31.5. The summed E-state index contributed by atoms with van der Waals surface area (Å²) >= 11 is 0. The van der Waals surface area contributed by atoms with Gasteiger partial charge in [0.05, 0.1) is 0 Å². The maximum Gasteiger partial charge on any atom is 0.322 e. The molecule has 47 heavy (non-hydrogen) atoms. The van der Waals surface area contributed by atoms with Crippen LogP contribution in [0.3, 0.4) is 0 Å². The summed E-state index contributed by atoms with van der Waals surface area (Å²) in [6.07, 6.45) is 6.90. The number of rotatable bonds is 6. The molecular formula is C36H48N8O3. The van der Waals surface area contributed by atoms with Gasteiger partial charge in [-0.25, -0.2) is 9.59 Å². The fourth-order valence-corrected chi connectivity index (χ4v) is 8.05. The second-order valence-electron chi connectivity index (χ2n) is 13.7. The molecule has 250 valence electrons.